The summed E-state index contributed by atoms with van der Waals surface area (Å²) in [6.07, 6.45) is 5.27. The first-order chi connectivity index (χ1) is 13.0. The lowest BCUT2D eigenvalue weighted by Gasteiger charge is -2.38. The molecule has 6 nitrogen and oxygen atoms in total. The molecule has 2 aromatic rings. The van der Waals surface area contributed by atoms with Gasteiger partial charge in [-0.05, 0) is 42.0 Å². The van der Waals surface area contributed by atoms with E-state index in [1.807, 2.05) is 25.1 Å². The SMILES string of the molecule is COC(=O)c1ccc2c(c1C)N[C@H](c1cccc([N+](=O)[O-])c1)[C@H]1CC=C[C@@H]21. The van der Waals surface area contributed by atoms with Gasteiger partial charge in [0, 0.05) is 23.7 Å². The Morgan fingerprint density at radius 2 is 2.11 bits per heavy atom. The molecule has 0 saturated heterocycles. The van der Waals surface area contributed by atoms with Crippen LogP contribution in [-0.4, -0.2) is 18.0 Å². The predicted molar refractivity (Wildman–Crippen MR) is 102 cm³/mol. The number of nitro benzene ring substituents is 1. The van der Waals surface area contributed by atoms with Crippen molar-refractivity contribution in [2.75, 3.05) is 12.4 Å². The summed E-state index contributed by atoms with van der Waals surface area (Å²) < 4.78 is 4.89. The van der Waals surface area contributed by atoms with Crippen LogP contribution in [0.1, 0.15) is 45.4 Å². The summed E-state index contributed by atoms with van der Waals surface area (Å²) in [5.74, 6) is 0.131. The number of carbonyl (C=O) groups excluding carboxylic acids is 1. The van der Waals surface area contributed by atoms with Gasteiger partial charge in [0.05, 0.1) is 23.6 Å². The van der Waals surface area contributed by atoms with Gasteiger partial charge in [0.1, 0.15) is 0 Å². The van der Waals surface area contributed by atoms with E-state index in [0.29, 0.717) is 5.56 Å². The summed E-state index contributed by atoms with van der Waals surface area (Å²) in [7, 11) is 1.37. The van der Waals surface area contributed by atoms with Crippen LogP contribution in [0.4, 0.5) is 11.4 Å². The van der Waals surface area contributed by atoms with Gasteiger partial charge in [-0.2, -0.15) is 0 Å². The molecule has 0 radical (unpaired) electrons. The molecule has 4 rings (SSSR count). The number of nitrogens with zero attached hydrogens (tertiary/aromatic N) is 1. The molecule has 138 valence electrons. The zero-order valence-electron chi connectivity index (χ0n) is 15.1. The zero-order chi connectivity index (χ0) is 19.1. The van der Waals surface area contributed by atoms with Gasteiger partial charge >= 0.3 is 5.97 Å². The van der Waals surface area contributed by atoms with E-state index in [4.69, 9.17) is 4.74 Å². The fraction of sp³-hybridized carbons (Fsp3) is 0.286. The first kappa shape index (κ1) is 17.3. The van der Waals surface area contributed by atoms with Crippen LogP contribution in [0.15, 0.2) is 48.6 Å². The second kappa shape index (κ2) is 6.54. The first-order valence-electron chi connectivity index (χ1n) is 8.90. The Labute approximate surface area is 157 Å². The number of ether oxygens (including phenoxy) is 1. The zero-order valence-corrected chi connectivity index (χ0v) is 15.1. The topological polar surface area (TPSA) is 81.5 Å². The lowest BCUT2D eigenvalue weighted by atomic mass is 9.76. The fourth-order valence-electron chi connectivity index (χ4n) is 4.31. The van der Waals surface area contributed by atoms with E-state index in [0.717, 1.165) is 28.8 Å². The number of fused-ring (bicyclic) bond motifs is 3. The molecular weight excluding hydrogens is 344 g/mol. The van der Waals surface area contributed by atoms with E-state index in [1.165, 1.54) is 13.2 Å². The number of allylic oxidation sites excluding steroid dienone is 2. The lowest BCUT2D eigenvalue weighted by molar-refractivity contribution is -0.384. The van der Waals surface area contributed by atoms with E-state index < -0.39 is 0 Å². The molecule has 0 amide bonds. The summed E-state index contributed by atoms with van der Waals surface area (Å²) in [4.78, 5) is 22.9. The largest absolute Gasteiger partial charge is 0.465 e. The van der Waals surface area contributed by atoms with Gasteiger partial charge in [-0.25, -0.2) is 4.79 Å². The molecule has 0 spiro atoms. The molecule has 0 unspecified atom stereocenters. The van der Waals surface area contributed by atoms with Crippen LogP contribution in [0, 0.1) is 23.0 Å². The summed E-state index contributed by atoms with van der Waals surface area (Å²) in [5, 5.41) is 14.8. The van der Waals surface area contributed by atoms with Gasteiger partial charge in [0.15, 0.2) is 0 Å². The number of carbonyl (C=O) groups is 1. The summed E-state index contributed by atoms with van der Waals surface area (Å²) in [6.45, 7) is 1.90. The van der Waals surface area contributed by atoms with Crippen molar-refractivity contribution in [1.82, 2.24) is 0 Å². The molecule has 0 aromatic heterocycles. The van der Waals surface area contributed by atoms with Gasteiger partial charge < -0.3 is 10.1 Å². The molecule has 27 heavy (non-hydrogen) atoms. The standard InChI is InChI=1S/C21H20N2O4/c1-12-15(21(24)27-2)9-10-18-16-7-4-8-17(16)20(22-19(12)18)13-5-3-6-14(11-13)23(25)26/h3-7,9-11,16-17,20,22H,8H2,1-2H3/t16-,17+,20-/m1/s1. The minimum Gasteiger partial charge on any atom is -0.465 e. The van der Waals surface area contributed by atoms with Crippen LogP contribution in [0.5, 0.6) is 0 Å². The highest BCUT2D eigenvalue weighted by Gasteiger charge is 2.39. The van der Waals surface area contributed by atoms with Crippen LogP contribution in [0.3, 0.4) is 0 Å². The van der Waals surface area contributed by atoms with Crippen LogP contribution >= 0.6 is 0 Å². The molecule has 1 N–H and O–H groups in total. The van der Waals surface area contributed by atoms with Crippen molar-refractivity contribution in [3.63, 3.8) is 0 Å². The molecule has 1 heterocycles. The Kier molecular flexibility index (Phi) is 4.18. The van der Waals surface area contributed by atoms with Gasteiger partial charge in [0.25, 0.3) is 5.69 Å². The van der Waals surface area contributed by atoms with Crippen LogP contribution in [0.25, 0.3) is 0 Å². The molecule has 1 aliphatic carbocycles. The fourth-order valence-corrected chi connectivity index (χ4v) is 4.31. The quantitative estimate of drug-likeness (QED) is 0.375. The van der Waals surface area contributed by atoms with Crippen molar-refractivity contribution >= 4 is 17.3 Å². The number of benzene rings is 2. The monoisotopic (exact) mass is 364 g/mol. The van der Waals surface area contributed by atoms with Crippen LogP contribution in [-0.2, 0) is 4.74 Å². The molecule has 3 atom stereocenters. The maximum Gasteiger partial charge on any atom is 0.338 e. The van der Waals surface area contributed by atoms with E-state index in [2.05, 4.69) is 17.5 Å². The summed E-state index contributed by atoms with van der Waals surface area (Å²) in [6, 6.07) is 10.5. The number of nitrogens with one attached hydrogen (secondary N) is 1. The van der Waals surface area contributed by atoms with E-state index in [9.17, 15) is 14.9 Å². The number of non-ortho nitro benzene ring substituents is 1. The predicted octanol–water partition coefficient (Wildman–Crippen LogP) is 4.52. The minimum absolute atomic E-state index is 0.0657. The molecular formula is C21H20N2O4. The van der Waals surface area contributed by atoms with Crippen LogP contribution < -0.4 is 5.32 Å². The molecule has 1 aliphatic heterocycles. The van der Waals surface area contributed by atoms with Crippen molar-refractivity contribution in [2.24, 2.45) is 5.92 Å². The lowest BCUT2D eigenvalue weighted by Crippen LogP contribution is -2.30. The van der Waals surface area contributed by atoms with Crippen molar-refractivity contribution in [2.45, 2.75) is 25.3 Å². The summed E-state index contributed by atoms with van der Waals surface area (Å²) >= 11 is 0. The average molecular weight is 364 g/mol. The maximum atomic E-state index is 12.1. The number of esters is 1. The number of rotatable bonds is 3. The van der Waals surface area contributed by atoms with Gasteiger partial charge in [0.2, 0.25) is 0 Å². The molecule has 0 bridgehead atoms. The van der Waals surface area contributed by atoms with Crippen LogP contribution in [0.2, 0.25) is 0 Å². The highest BCUT2D eigenvalue weighted by Crippen LogP contribution is 2.51. The minimum atomic E-state index is -0.370. The molecule has 0 saturated carbocycles. The Hall–Kier alpha value is -3.15. The molecule has 6 heteroatoms. The Bertz CT molecular complexity index is 967. The number of hydrogen-bond donors (Lipinski definition) is 1. The normalized spacial score (nSPS) is 22.5. The van der Waals surface area contributed by atoms with Crippen molar-refractivity contribution < 1.29 is 14.5 Å². The van der Waals surface area contributed by atoms with Gasteiger partial charge in [-0.1, -0.05) is 30.4 Å². The second-order valence-electron chi connectivity index (χ2n) is 7.02. The molecule has 2 aliphatic rings. The Morgan fingerprint density at radius 3 is 2.85 bits per heavy atom. The van der Waals surface area contributed by atoms with E-state index >= 15 is 0 Å². The van der Waals surface area contributed by atoms with E-state index in [-0.39, 0.29) is 34.5 Å². The number of anilines is 1. The smallest absolute Gasteiger partial charge is 0.338 e. The number of methoxy groups -OCH3 is 1. The third-order valence-electron chi connectivity index (χ3n) is 5.64. The van der Waals surface area contributed by atoms with Crippen molar-refractivity contribution in [1.29, 1.82) is 0 Å². The van der Waals surface area contributed by atoms with Crippen molar-refractivity contribution in [3.8, 4) is 0 Å². The molecule has 0 fully saturated rings. The number of hydrogen-bond acceptors (Lipinski definition) is 5. The van der Waals surface area contributed by atoms with Gasteiger partial charge in [-0.3, -0.25) is 10.1 Å². The second-order valence-corrected chi connectivity index (χ2v) is 7.02. The maximum absolute atomic E-state index is 12.1. The van der Waals surface area contributed by atoms with Crippen molar-refractivity contribution in [3.05, 3.63) is 80.9 Å². The Balaban J connectivity index is 1.81. The average Bonchev–Trinajstić information content (AvgIpc) is 3.17. The number of nitro groups is 1. The van der Waals surface area contributed by atoms with Gasteiger partial charge in [-0.15, -0.1) is 0 Å². The Morgan fingerprint density at radius 1 is 1.30 bits per heavy atom. The highest BCUT2D eigenvalue weighted by atomic mass is 16.6. The third kappa shape index (κ3) is 2.77. The third-order valence-corrected chi connectivity index (χ3v) is 5.64. The highest BCUT2D eigenvalue weighted by molar-refractivity contribution is 5.93. The molecule has 2 aromatic carbocycles. The first-order valence-corrected chi connectivity index (χ1v) is 8.90. The summed E-state index contributed by atoms with van der Waals surface area (Å²) in [5.41, 5.74) is 4.41. The van der Waals surface area contributed by atoms with E-state index in [1.54, 1.807) is 12.1 Å².